The third kappa shape index (κ3) is 3.68. The summed E-state index contributed by atoms with van der Waals surface area (Å²) in [6.07, 6.45) is 5.70. The molecule has 0 aromatic heterocycles. The molecule has 3 nitrogen and oxygen atoms in total. The fourth-order valence-electron chi connectivity index (χ4n) is 4.44. The molecule has 0 saturated carbocycles. The van der Waals surface area contributed by atoms with Gasteiger partial charge in [-0.25, -0.2) is 0 Å². The van der Waals surface area contributed by atoms with E-state index >= 15 is 0 Å². The predicted octanol–water partition coefficient (Wildman–Crippen LogP) is 4.11. The lowest BCUT2D eigenvalue weighted by molar-refractivity contribution is -0.122. The molecule has 0 radical (unpaired) electrons. The number of nitrogens with zero attached hydrogens (tertiary/aromatic N) is 1. The van der Waals surface area contributed by atoms with Gasteiger partial charge in [-0.2, -0.15) is 0 Å². The smallest absolute Gasteiger partial charge is 0.232 e. The van der Waals surface area contributed by atoms with E-state index in [0.717, 1.165) is 24.2 Å². The summed E-state index contributed by atoms with van der Waals surface area (Å²) in [6, 6.07) is 20.7. The number of carbonyl (C=O) groups excluding carboxylic acids is 1. The Morgan fingerprint density at radius 3 is 2.12 bits per heavy atom. The molecule has 2 aromatic rings. The molecule has 2 aromatic carbocycles. The zero-order chi connectivity index (χ0) is 18.4. The van der Waals surface area contributed by atoms with Crippen molar-refractivity contribution >= 4 is 5.91 Å². The third-order valence-corrected chi connectivity index (χ3v) is 5.95. The van der Waals surface area contributed by atoms with Gasteiger partial charge in [0.25, 0.3) is 0 Å². The van der Waals surface area contributed by atoms with Crippen molar-refractivity contribution in [3.8, 4) is 0 Å². The molecule has 1 aliphatic heterocycles. The van der Waals surface area contributed by atoms with E-state index in [4.69, 9.17) is 5.73 Å². The molecule has 1 fully saturated rings. The highest BCUT2D eigenvalue weighted by Gasteiger charge is 2.40. The summed E-state index contributed by atoms with van der Waals surface area (Å²) in [4.78, 5) is 15.4. The van der Waals surface area contributed by atoms with Crippen LogP contribution in [0.25, 0.3) is 0 Å². The van der Waals surface area contributed by atoms with Crippen LogP contribution in [0.15, 0.2) is 60.7 Å². The lowest BCUT2D eigenvalue weighted by Gasteiger charge is -2.39. The molecule has 0 spiro atoms. The van der Waals surface area contributed by atoms with Crippen LogP contribution in [-0.4, -0.2) is 29.9 Å². The van der Waals surface area contributed by atoms with Gasteiger partial charge in [0.2, 0.25) is 5.91 Å². The van der Waals surface area contributed by atoms with Gasteiger partial charge >= 0.3 is 0 Å². The topological polar surface area (TPSA) is 46.3 Å². The third-order valence-electron chi connectivity index (χ3n) is 5.95. The van der Waals surface area contributed by atoms with Crippen LogP contribution in [0.3, 0.4) is 0 Å². The molecule has 2 N–H and O–H groups in total. The number of carbonyl (C=O) groups is 1. The van der Waals surface area contributed by atoms with Gasteiger partial charge in [-0.1, -0.05) is 74.0 Å². The highest BCUT2D eigenvalue weighted by Crippen LogP contribution is 2.36. The zero-order valence-electron chi connectivity index (χ0n) is 15.7. The lowest BCUT2D eigenvalue weighted by Crippen LogP contribution is -2.47. The quantitative estimate of drug-likeness (QED) is 0.817. The van der Waals surface area contributed by atoms with Crippen LogP contribution < -0.4 is 5.73 Å². The summed E-state index contributed by atoms with van der Waals surface area (Å²) >= 11 is 0. The van der Waals surface area contributed by atoms with E-state index in [-0.39, 0.29) is 5.91 Å². The summed E-state index contributed by atoms with van der Waals surface area (Å²) in [6.45, 7) is 4.28. The number of amides is 1. The Bertz CT molecular complexity index is 659. The number of likely N-dealkylation sites (tertiary alicyclic amines) is 1. The second-order valence-electron chi connectivity index (χ2n) is 7.35. The largest absolute Gasteiger partial charge is 0.369 e. The van der Waals surface area contributed by atoms with Crippen molar-refractivity contribution in [3.63, 3.8) is 0 Å². The van der Waals surface area contributed by atoms with Gasteiger partial charge in [0.1, 0.15) is 0 Å². The van der Waals surface area contributed by atoms with Crippen molar-refractivity contribution in [1.29, 1.82) is 0 Å². The monoisotopic (exact) mass is 350 g/mol. The molecular formula is C23H30N2O. The molecule has 26 heavy (non-hydrogen) atoms. The number of piperidine rings is 1. The molecule has 1 amide bonds. The standard InChI is InChI=1S/C23H30N2O/c1-2-21-15-9-10-17-25(21)18-16-23(22(24)26,19-11-5-3-6-12-19)20-13-7-4-8-14-20/h3-8,11-14,21H,2,9-10,15-18H2,1H3,(H2,24,26). The minimum Gasteiger partial charge on any atom is -0.369 e. The van der Waals surface area contributed by atoms with Gasteiger partial charge in [-0.15, -0.1) is 0 Å². The summed E-state index contributed by atoms with van der Waals surface area (Å²) in [5, 5.41) is 0. The van der Waals surface area contributed by atoms with Crippen molar-refractivity contribution < 1.29 is 4.79 Å². The van der Waals surface area contributed by atoms with Gasteiger partial charge in [0, 0.05) is 12.6 Å². The first-order chi connectivity index (χ1) is 12.7. The Hall–Kier alpha value is -2.13. The molecule has 1 unspecified atom stereocenters. The molecule has 1 saturated heterocycles. The van der Waals surface area contributed by atoms with Gasteiger partial charge in [-0.05, 0) is 43.4 Å². The van der Waals surface area contributed by atoms with E-state index in [1.807, 2.05) is 60.7 Å². The molecular weight excluding hydrogens is 320 g/mol. The van der Waals surface area contributed by atoms with Gasteiger partial charge < -0.3 is 10.6 Å². The second-order valence-corrected chi connectivity index (χ2v) is 7.35. The van der Waals surface area contributed by atoms with Gasteiger partial charge in [0.15, 0.2) is 0 Å². The van der Waals surface area contributed by atoms with Gasteiger partial charge in [0.05, 0.1) is 5.41 Å². The Morgan fingerprint density at radius 1 is 1.04 bits per heavy atom. The van der Waals surface area contributed by atoms with Crippen LogP contribution in [0.4, 0.5) is 0 Å². The Morgan fingerprint density at radius 2 is 1.62 bits per heavy atom. The Labute approximate surface area is 157 Å². The fourth-order valence-corrected chi connectivity index (χ4v) is 4.44. The van der Waals surface area contributed by atoms with E-state index in [1.54, 1.807) is 0 Å². The van der Waals surface area contributed by atoms with Gasteiger partial charge in [-0.3, -0.25) is 4.79 Å². The minimum absolute atomic E-state index is 0.264. The maximum atomic E-state index is 12.8. The Kier molecular flexibility index (Phi) is 6.10. The normalized spacial score (nSPS) is 18.6. The van der Waals surface area contributed by atoms with Crippen LogP contribution >= 0.6 is 0 Å². The maximum Gasteiger partial charge on any atom is 0.232 e. The van der Waals surface area contributed by atoms with Crippen molar-refractivity contribution in [2.75, 3.05) is 13.1 Å². The summed E-state index contributed by atoms with van der Waals surface area (Å²) in [7, 11) is 0. The van der Waals surface area contributed by atoms with Crippen molar-refractivity contribution in [2.45, 2.75) is 50.5 Å². The first-order valence-corrected chi connectivity index (χ1v) is 9.83. The molecule has 3 heteroatoms. The lowest BCUT2D eigenvalue weighted by atomic mass is 9.71. The van der Waals surface area contributed by atoms with E-state index in [1.165, 1.54) is 25.7 Å². The number of hydrogen-bond donors (Lipinski definition) is 1. The molecule has 138 valence electrons. The molecule has 0 aliphatic carbocycles. The van der Waals surface area contributed by atoms with E-state index in [2.05, 4.69) is 11.8 Å². The van der Waals surface area contributed by atoms with E-state index < -0.39 is 5.41 Å². The molecule has 0 bridgehead atoms. The molecule has 1 aliphatic rings. The number of benzene rings is 2. The van der Waals surface area contributed by atoms with Crippen molar-refractivity contribution in [1.82, 2.24) is 4.90 Å². The SMILES string of the molecule is CCC1CCCCN1CCC(C(N)=O)(c1ccccc1)c1ccccc1. The minimum atomic E-state index is -0.780. The summed E-state index contributed by atoms with van der Waals surface area (Å²) < 4.78 is 0. The summed E-state index contributed by atoms with van der Waals surface area (Å²) in [5.74, 6) is -0.264. The molecule has 1 atom stereocenters. The van der Waals surface area contributed by atoms with Crippen molar-refractivity contribution in [3.05, 3.63) is 71.8 Å². The van der Waals surface area contributed by atoms with Crippen molar-refractivity contribution in [2.24, 2.45) is 5.73 Å². The number of primary amides is 1. The average Bonchev–Trinajstić information content (AvgIpc) is 2.70. The van der Waals surface area contributed by atoms with Crippen LogP contribution in [0, 0.1) is 0 Å². The number of nitrogens with two attached hydrogens (primary N) is 1. The second kappa shape index (κ2) is 8.50. The first-order valence-electron chi connectivity index (χ1n) is 9.83. The maximum absolute atomic E-state index is 12.8. The number of rotatable bonds is 7. The first kappa shape index (κ1) is 18.7. The van der Waals surface area contributed by atoms with Crippen LogP contribution in [-0.2, 0) is 10.2 Å². The highest BCUT2D eigenvalue weighted by molar-refractivity contribution is 5.90. The average molecular weight is 351 g/mol. The van der Waals surface area contributed by atoms with Crippen LogP contribution in [0.1, 0.15) is 50.2 Å². The van der Waals surface area contributed by atoms with E-state index in [9.17, 15) is 4.79 Å². The summed E-state index contributed by atoms with van der Waals surface area (Å²) in [5.41, 5.74) is 7.26. The highest BCUT2D eigenvalue weighted by atomic mass is 16.1. The molecule has 3 rings (SSSR count). The number of hydrogen-bond acceptors (Lipinski definition) is 2. The zero-order valence-corrected chi connectivity index (χ0v) is 15.7. The van der Waals surface area contributed by atoms with Crippen LogP contribution in [0.5, 0.6) is 0 Å². The predicted molar refractivity (Wildman–Crippen MR) is 107 cm³/mol. The fraction of sp³-hybridized carbons (Fsp3) is 0.435. The molecule has 1 heterocycles. The van der Waals surface area contributed by atoms with E-state index in [0.29, 0.717) is 12.5 Å². The van der Waals surface area contributed by atoms with Crippen LogP contribution in [0.2, 0.25) is 0 Å². The Balaban J connectivity index is 1.96.